The second-order valence-electron chi connectivity index (χ2n) is 5.27. The van der Waals surface area contributed by atoms with E-state index in [9.17, 15) is 9.00 Å². The predicted octanol–water partition coefficient (Wildman–Crippen LogP) is 2.49. The number of rotatable bonds is 7. The molecule has 0 bridgehead atoms. The molecular weight excluding hydrogens is 258 g/mol. The fourth-order valence-corrected chi connectivity index (χ4v) is 2.55. The molecule has 1 atom stereocenters. The molecule has 0 saturated heterocycles. The van der Waals surface area contributed by atoms with Crippen LogP contribution in [0.3, 0.4) is 0 Å². The third kappa shape index (κ3) is 5.55. The zero-order valence-electron chi connectivity index (χ0n) is 11.9. The molecule has 0 spiro atoms. The van der Waals surface area contributed by atoms with Gasteiger partial charge in [0.15, 0.2) is 0 Å². The number of benzene rings is 1. The van der Waals surface area contributed by atoms with Crippen LogP contribution in [0.15, 0.2) is 30.3 Å². The predicted molar refractivity (Wildman–Crippen MR) is 80.2 cm³/mol. The van der Waals surface area contributed by atoms with E-state index in [-0.39, 0.29) is 11.3 Å². The lowest BCUT2D eigenvalue weighted by Gasteiger charge is -2.21. The summed E-state index contributed by atoms with van der Waals surface area (Å²) in [6.45, 7) is 6.31. The van der Waals surface area contributed by atoms with E-state index >= 15 is 0 Å². The standard InChI is InChI=1S/C15H23NO2S/c1-4-15(2,3)14(17)16-10-11-19(18)12-13-8-6-5-7-9-13/h5-9H,4,10-12H2,1-3H3,(H,16,17). The highest BCUT2D eigenvalue weighted by atomic mass is 32.2. The SMILES string of the molecule is CCC(C)(C)C(=O)NCCS(=O)Cc1ccccc1. The third-order valence-corrected chi connectivity index (χ3v) is 4.60. The lowest BCUT2D eigenvalue weighted by Crippen LogP contribution is -2.38. The van der Waals surface area contributed by atoms with Gasteiger partial charge in [0, 0.05) is 34.3 Å². The summed E-state index contributed by atoms with van der Waals surface area (Å²) in [6, 6.07) is 9.77. The van der Waals surface area contributed by atoms with Crippen molar-refractivity contribution in [2.75, 3.05) is 12.3 Å². The van der Waals surface area contributed by atoms with Crippen LogP contribution < -0.4 is 5.32 Å². The van der Waals surface area contributed by atoms with E-state index in [0.29, 0.717) is 18.1 Å². The molecule has 1 amide bonds. The number of hydrogen-bond donors (Lipinski definition) is 1. The Balaban J connectivity index is 2.30. The van der Waals surface area contributed by atoms with Crippen molar-refractivity contribution < 1.29 is 9.00 Å². The van der Waals surface area contributed by atoms with Crippen LogP contribution in [0.1, 0.15) is 32.8 Å². The van der Waals surface area contributed by atoms with E-state index in [1.54, 1.807) is 0 Å². The third-order valence-electron chi connectivity index (χ3n) is 3.28. The lowest BCUT2D eigenvalue weighted by molar-refractivity contribution is -0.129. The summed E-state index contributed by atoms with van der Waals surface area (Å²) in [6.07, 6.45) is 0.798. The molecule has 0 aliphatic carbocycles. The van der Waals surface area contributed by atoms with Gasteiger partial charge in [0.2, 0.25) is 5.91 Å². The first-order valence-electron chi connectivity index (χ1n) is 6.63. The quantitative estimate of drug-likeness (QED) is 0.834. The first kappa shape index (κ1) is 15.9. The van der Waals surface area contributed by atoms with E-state index in [4.69, 9.17) is 0 Å². The Bertz CT molecular complexity index is 429. The molecule has 4 heteroatoms. The molecule has 1 aromatic carbocycles. The molecule has 19 heavy (non-hydrogen) atoms. The summed E-state index contributed by atoms with van der Waals surface area (Å²) in [5.41, 5.74) is 0.724. The van der Waals surface area contributed by atoms with Gasteiger partial charge in [0.05, 0.1) is 0 Å². The largest absolute Gasteiger partial charge is 0.355 e. The average Bonchev–Trinajstić information content (AvgIpc) is 2.39. The van der Waals surface area contributed by atoms with E-state index in [2.05, 4.69) is 5.32 Å². The van der Waals surface area contributed by atoms with Gasteiger partial charge in [-0.25, -0.2) is 0 Å². The Morgan fingerprint density at radius 1 is 1.26 bits per heavy atom. The maximum absolute atomic E-state index is 11.9. The van der Waals surface area contributed by atoms with Gasteiger partial charge in [-0.05, 0) is 12.0 Å². The average molecular weight is 281 g/mol. The Morgan fingerprint density at radius 3 is 2.47 bits per heavy atom. The minimum Gasteiger partial charge on any atom is -0.355 e. The van der Waals surface area contributed by atoms with Gasteiger partial charge >= 0.3 is 0 Å². The van der Waals surface area contributed by atoms with Crippen LogP contribution in [0, 0.1) is 5.41 Å². The smallest absolute Gasteiger partial charge is 0.225 e. The molecule has 1 rings (SSSR count). The maximum Gasteiger partial charge on any atom is 0.225 e. The number of hydrogen-bond acceptors (Lipinski definition) is 2. The van der Waals surface area contributed by atoms with E-state index in [0.717, 1.165) is 12.0 Å². The van der Waals surface area contributed by atoms with Crippen LogP contribution in [0.5, 0.6) is 0 Å². The minimum atomic E-state index is -0.931. The van der Waals surface area contributed by atoms with Crippen molar-refractivity contribution in [2.24, 2.45) is 5.41 Å². The second-order valence-corrected chi connectivity index (χ2v) is 6.84. The van der Waals surface area contributed by atoms with Crippen molar-refractivity contribution in [1.82, 2.24) is 5.32 Å². The Hall–Kier alpha value is -1.16. The molecule has 0 fully saturated rings. The highest BCUT2D eigenvalue weighted by molar-refractivity contribution is 7.84. The summed E-state index contributed by atoms with van der Waals surface area (Å²) in [5.74, 6) is 1.08. The van der Waals surface area contributed by atoms with Gasteiger partial charge in [0.1, 0.15) is 0 Å². The van der Waals surface area contributed by atoms with Crippen LogP contribution in [-0.4, -0.2) is 22.4 Å². The van der Waals surface area contributed by atoms with Crippen molar-refractivity contribution in [3.8, 4) is 0 Å². The molecule has 0 heterocycles. The molecule has 1 N–H and O–H groups in total. The molecule has 1 unspecified atom stereocenters. The summed E-state index contributed by atoms with van der Waals surface area (Å²) in [5, 5.41) is 2.86. The van der Waals surface area contributed by atoms with Crippen molar-refractivity contribution in [1.29, 1.82) is 0 Å². The molecule has 0 aliphatic heterocycles. The number of amides is 1. The number of carbonyl (C=O) groups is 1. The van der Waals surface area contributed by atoms with Crippen molar-refractivity contribution in [2.45, 2.75) is 32.9 Å². The number of carbonyl (C=O) groups excluding carboxylic acids is 1. The van der Waals surface area contributed by atoms with Gasteiger partial charge < -0.3 is 5.32 Å². The van der Waals surface area contributed by atoms with Crippen LogP contribution in [-0.2, 0) is 21.3 Å². The Kier molecular flexibility index (Phi) is 6.22. The summed E-state index contributed by atoms with van der Waals surface area (Å²) >= 11 is 0. The first-order valence-corrected chi connectivity index (χ1v) is 8.11. The van der Waals surface area contributed by atoms with Crippen LogP contribution >= 0.6 is 0 Å². The highest BCUT2D eigenvalue weighted by Gasteiger charge is 2.24. The normalized spacial score (nSPS) is 13.0. The molecule has 3 nitrogen and oxygen atoms in total. The van der Waals surface area contributed by atoms with Crippen LogP contribution in [0.2, 0.25) is 0 Å². The topological polar surface area (TPSA) is 46.2 Å². The van der Waals surface area contributed by atoms with Gasteiger partial charge in [-0.2, -0.15) is 0 Å². The maximum atomic E-state index is 11.9. The van der Waals surface area contributed by atoms with Gasteiger partial charge in [-0.15, -0.1) is 0 Å². The molecule has 0 aromatic heterocycles. The summed E-state index contributed by atoms with van der Waals surface area (Å²) < 4.78 is 11.9. The molecule has 0 aliphatic rings. The summed E-state index contributed by atoms with van der Waals surface area (Å²) in [7, 11) is -0.931. The Labute approximate surface area is 118 Å². The van der Waals surface area contributed by atoms with Crippen LogP contribution in [0.25, 0.3) is 0 Å². The fraction of sp³-hybridized carbons (Fsp3) is 0.533. The van der Waals surface area contributed by atoms with Gasteiger partial charge in [0.25, 0.3) is 0 Å². The Morgan fingerprint density at radius 2 is 1.89 bits per heavy atom. The van der Waals surface area contributed by atoms with Crippen LogP contribution in [0.4, 0.5) is 0 Å². The molecule has 106 valence electrons. The van der Waals surface area contributed by atoms with E-state index < -0.39 is 10.8 Å². The lowest BCUT2D eigenvalue weighted by atomic mass is 9.89. The zero-order chi connectivity index (χ0) is 14.3. The van der Waals surface area contributed by atoms with Gasteiger partial charge in [-0.1, -0.05) is 51.1 Å². The van der Waals surface area contributed by atoms with Gasteiger partial charge in [-0.3, -0.25) is 9.00 Å². The highest BCUT2D eigenvalue weighted by Crippen LogP contribution is 2.19. The van der Waals surface area contributed by atoms with E-state index in [1.165, 1.54) is 0 Å². The molecule has 0 saturated carbocycles. The second kappa shape index (κ2) is 7.43. The van der Waals surface area contributed by atoms with Crippen molar-refractivity contribution in [3.63, 3.8) is 0 Å². The van der Waals surface area contributed by atoms with Crippen molar-refractivity contribution in [3.05, 3.63) is 35.9 Å². The monoisotopic (exact) mass is 281 g/mol. The molecular formula is C15H23NO2S. The van der Waals surface area contributed by atoms with Crippen molar-refractivity contribution >= 4 is 16.7 Å². The summed E-state index contributed by atoms with van der Waals surface area (Å²) in [4.78, 5) is 11.8. The molecule has 0 radical (unpaired) electrons. The van der Waals surface area contributed by atoms with E-state index in [1.807, 2.05) is 51.1 Å². The minimum absolute atomic E-state index is 0.0340. The molecule has 1 aromatic rings. The number of nitrogens with one attached hydrogen (secondary N) is 1. The zero-order valence-corrected chi connectivity index (χ0v) is 12.8. The first-order chi connectivity index (χ1) is 8.95. The fourth-order valence-electron chi connectivity index (χ4n) is 1.51.